The highest BCUT2D eigenvalue weighted by Gasteiger charge is 2.55. The fourth-order valence-corrected chi connectivity index (χ4v) is 5.93. The summed E-state index contributed by atoms with van der Waals surface area (Å²) >= 11 is 0. The Labute approximate surface area is 201 Å². The quantitative estimate of drug-likeness (QED) is 0.425. The standard InChI is InChI=1S/C31H28N2O/c34-30-31(27-17-9-10-18-28(27)32-30)20-26-16-8-7-15-25(26)19-29(31)33(21-23-11-3-1-4-12-23)22-24-13-5-2-6-14-24/h1-18,29H,19-22H2,(H,32,34)/t29-,31+/m1/s1. The highest BCUT2D eigenvalue weighted by atomic mass is 16.2. The first-order chi connectivity index (χ1) is 16.7. The molecule has 2 atom stereocenters. The second kappa shape index (κ2) is 8.58. The number of benzene rings is 4. The number of hydrogen-bond acceptors (Lipinski definition) is 2. The molecule has 0 fully saturated rings. The molecule has 1 heterocycles. The number of carbonyl (C=O) groups is 1. The van der Waals surface area contributed by atoms with E-state index in [2.05, 4.69) is 107 Å². The van der Waals surface area contributed by atoms with Gasteiger partial charge in [-0.25, -0.2) is 0 Å². The molecule has 0 radical (unpaired) electrons. The van der Waals surface area contributed by atoms with Gasteiger partial charge in [0.2, 0.25) is 5.91 Å². The van der Waals surface area contributed by atoms with Gasteiger partial charge < -0.3 is 5.32 Å². The zero-order valence-electron chi connectivity index (χ0n) is 19.2. The Balaban J connectivity index is 1.50. The minimum absolute atomic E-state index is 0.0338. The Morgan fingerprint density at radius 3 is 1.94 bits per heavy atom. The first-order valence-corrected chi connectivity index (χ1v) is 12.0. The lowest BCUT2D eigenvalue weighted by Gasteiger charge is -2.46. The Morgan fingerprint density at radius 1 is 0.706 bits per heavy atom. The molecule has 0 saturated heterocycles. The molecule has 4 aromatic rings. The van der Waals surface area contributed by atoms with Gasteiger partial charge in [0, 0.05) is 24.8 Å². The molecule has 34 heavy (non-hydrogen) atoms. The minimum Gasteiger partial charge on any atom is -0.325 e. The maximum atomic E-state index is 13.9. The van der Waals surface area contributed by atoms with E-state index in [1.54, 1.807) is 0 Å². The highest BCUT2D eigenvalue weighted by molar-refractivity contribution is 6.07. The first kappa shape index (κ1) is 20.9. The molecule has 0 bridgehead atoms. The molecule has 1 aliphatic carbocycles. The summed E-state index contributed by atoms with van der Waals surface area (Å²) in [6.45, 7) is 1.58. The molecule has 1 amide bonds. The lowest BCUT2D eigenvalue weighted by atomic mass is 9.64. The largest absolute Gasteiger partial charge is 0.325 e. The summed E-state index contributed by atoms with van der Waals surface area (Å²) in [5.41, 5.74) is 6.63. The Kier molecular flexibility index (Phi) is 5.27. The summed E-state index contributed by atoms with van der Waals surface area (Å²) in [5.74, 6) is 0.124. The monoisotopic (exact) mass is 444 g/mol. The number of fused-ring (bicyclic) bond motifs is 3. The molecular weight excluding hydrogens is 416 g/mol. The highest BCUT2D eigenvalue weighted by Crippen LogP contribution is 2.48. The summed E-state index contributed by atoms with van der Waals surface area (Å²) in [6.07, 6.45) is 1.56. The number of para-hydroxylation sites is 1. The van der Waals surface area contributed by atoms with Crippen LogP contribution in [0.1, 0.15) is 27.8 Å². The first-order valence-electron chi connectivity index (χ1n) is 12.0. The number of rotatable bonds is 5. The molecule has 0 aromatic heterocycles. The van der Waals surface area contributed by atoms with Gasteiger partial charge in [0.05, 0.1) is 5.41 Å². The zero-order valence-corrected chi connectivity index (χ0v) is 19.2. The van der Waals surface area contributed by atoms with Gasteiger partial charge in [-0.05, 0) is 46.7 Å². The van der Waals surface area contributed by atoms with Crippen molar-refractivity contribution in [3.63, 3.8) is 0 Å². The summed E-state index contributed by atoms with van der Waals surface area (Å²) in [4.78, 5) is 16.4. The van der Waals surface area contributed by atoms with Crippen LogP contribution in [0, 0.1) is 0 Å². The van der Waals surface area contributed by atoms with Crippen molar-refractivity contribution < 1.29 is 4.79 Å². The van der Waals surface area contributed by atoms with Crippen molar-refractivity contribution in [1.29, 1.82) is 0 Å². The fourth-order valence-electron chi connectivity index (χ4n) is 5.93. The molecule has 1 aliphatic heterocycles. The van der Waals surface area contributed by atoms with Crippen LogP contribution in [0.2, 0.25) is 0 Å². The maximum Gasteiger partial charge on any atom is 0.237 e. The van der Waals surface area contributed by atoms with E-state index < -0.39 is 5.41 Å². The number of nitrogens with zero attached hydrogens (tertiary/aromatic N) is 1. The van der Waals surface area contributed by atoms with E-state index in [0.717, 1.165) is 37.2 Å². The van der Waals surface area contributed by atoms with Crippen molar-refractivity contribution in [2.45, 2.75) is 37.4 Å². The predicted octanol–water partition coefficient (Wildman–Crippen LogP) is 5.75. The van der Waals surface area contributed by atoms with Gasteiger partial charge in [-0.15, -0.1) is 0 Å². The smallest absolute Gasteiger partial charge is 0.237 e. The Hall–Kier alpha value is -3.69. The third-order valence-corrected chi connectivity index (χ3v) is 7.53. The Morgan fingerprint density at radius 2 is 1.26 bits per heavy atom. The lowest BCUT2D eigenvalue weighted by Crippen LogP contribution is -2.58. The molecular formula is C31H28N2O. The Bertz CT molecular complexity index is 1280. The summed E-state index contributed by atoms with van der Waals surface area (Å²) < 4.78 is 0. The number of hydrogen-bond donors (Lipinski definition) is 1. The molecule has 1 spiro atoms. The normalized spacial score (nSPS) is 20.7. The number of carbonyl (C=O) groups excluding carboxylic acids is 1. The average molecular weight is 445 g/mol. The molecule has 3 heteroatoms. The molecule has 3 nitrogen and oxygen atoms in total. The van der Waals surface area contributed by atoms with Gasteiger partial charge in [-0.3, -0.25) is 9.69 Å². The van der Waals surface area contributed by atoms with Crippen LogP contribution in [0.4, 0.5) is 5.69 Å². The van der Waals surface area contributed by atoms with Gasteiger partial charge in [-0.1, -0.05) is 103 Å². The van der Waals surface area contributed by atoms with E-state index >= 15 is 0 Å². The van der Waals surface area contributed by atoms with Gasteiger partial charge in [0.25, 0.3) is 0 Å². The van der Waals surface area contributed by atoms with E-state index in [0.29, 0.717) is 0 Å². The van der Waals surface area contributed by atoms with Crippen molar-refractivity contribution in [2.24, 2.45) is 0 Å². The topological polar surface area (TPSA) is 32.3 Å². The third-order valence-electron chi connectivity index (χ3n) is 7.53. The molecule has 2 aliphatic rings. The van der Waals surface area contributed by atoms with Gasteiger partial charge in [-0.2, -0.15) is 0 Å². The molecule has 4 aromatic carbocycles. The van der Waals surface area contributed by atoms with Crippen LogP contribution in [0.5, 0.6) is 0 Å². The number of amides is 1. The van der Waals surface area contributed by atoms with Crippen LogP contribution in [0.25, 0.3) is 0 Å². The van der Waals surface area contributed by atoms with Crippen molar-refractivity contribution in [1.82, 2.24) is 4.90 Å². The van der Waals surface area contributed by atoms with Crippen molar-refractivity contribution in [3.8, 4) is 0 Å². The third kappa shape index (κ3) is 3.53. The van der Waals surface area contributed by atoms with E-state index in [4.69, 9.17) is 0 Å². The lowest BCUT2D eigenvalue weighted by molar-refractivity contribution is -0.124. The van der Waals surface area contributed by atoms with Crippen LogP contribution in [0.15, 0.2) is 109 Å². The van der Waals surface area contributed by atoms with Crippen LogP contribution < -0.4 is 5.32 Å². The minimum atomic E-state index is -0.617. The van der Waals surface area contributed by atoms with Crippen molar-refractivity contribution >= 4 is 11.6 Å². The predicted molar refractivity (Wildman–Crippen MR) is 137 cm³/mol. The van der Waals surface area contributed by atoms with Gasteiger partial charge >= 0.3 is 0 Å². The number of nitrogens with one attached hydrogen (secondary N) is 1. The van der Waals surface area contributed by atoms with Gasteiger partial charge in [0.15, 0.2) is 0 Å². The summed E-state index contributed by atoms with van der Waals surface area (Å²) in [6, 6.07) is 38.2. The SMILES string of the molecule is O=C1Nc2ccccc2[C@]12Cc1ccccc1C[C@H]2N(Cc1ccccc1)Cc1ccccc1. The van der Waals surface area contributed by atoms with Crippen LogP contribution in [0.3, 0.4) is 0 Å². The van der Waals surface area contributed by atoms with Crippen LogP contribution in [-0.2, 0) is 36.1 Å². The number of anilines is 1. The fraction of sp³-hybridized carbons (Fsp3) is 0.194. The van der Waals surface area contributed by atoms with Gasteiger partial charge in [0.1, 0.15) is 0 Å². The van der Waals surface area contributed by atoms with Crippen LogP contribution >= 0.6 is 0 Å². The molecule has 6 rings (SSSR count). The van der Waals surface area contributed by atoms with E-state index in [-0.39, 0.29) is 11.9 Å². The zero-order chi connectivity index (χ0) is 23.0. The molecule has 0 saturated carbocycles. The van der Waals surface area contributed by atoms with E-state index in [9.17, 15) is 4.79 Å². The van der Waals surface area contributed by atoms with E-state index in [1.807, 2.05) is 12.1 Å². The second-order valence-electron chi connectivity index (χ2n) is 9.51. The van der Waals surface area contributed by atoms with Crippen molar-refractivity contribution in [2.75, 3.05) is 5.32 Å². The molecule has 0 unspecified atom stereocenters. The maximum absolute atomic E-state index is 13.9. The van der Waals surface area contributed by atoms with Crippen LogP contribution in [-0.4, -0.2) is 16.8 Å². The average Bonchev–Trinajstić information content (AvgIpc) is 3.16. The second-order valence-corrected chi connectivity index (χ2v) is 9.51. The molecule has 1 N–H and O–H groups in total. The summed E-state index contributed by atoms with van der Waals surface area (Å²) in [5, 5.41) is 3.24. The van der Waals surface area contributed by atoms with Crippen molar-refractivity contribution in [3.05, 3.63) is 137 Å². The molecule has 168 valence electrons. The summed E-state index contributed by atoms with van der Waals surface area (Å²) in [7, 11) is 0. The van der Waals surface area contributed by atoms with E-state index in [1.165, 1.54) is 22.3 Å².